The van der Waals surface area contributed by atoms with E-state index in [-0.39, 0.29) is 6.61 Å². The number of aryl methyl sites for hydroxylation is 1. The van der Waals surface area contributed by atoms with E-state index >= 15 is 0 Å². The zero-order valence-corrected chi connectivity index (χ0v) is 15.5. The molecule has 0 atom stereocenters. The molecule has 28 heavy (non-hydrogen) atoms. The van der Waals surface area contributed by atoms with Crippen molar-refractivity contribution in [3.8, 4) is 17.1 Å². The van der Waals surface area contributed by atoms with Gasteiger partial charge in [-0.25, -0.2) is 9.78 Å². The molecule has 0 radical (unpaired) electrons. The van der Waals surface area contributed by atoms with E-state index in [4.69, 9.17) is 13.9 Å². The van der Waals surface area contributed by atoms with Crippen molar-refractivity contribution in [1.82, 2.24) is 9.97 Å². The van der Waals surface area contributed by atoms with Gasteiger partial charge in [-0.2, -0.15) is 0 Å². The second-order valence-electron chi connectivity index (χ2n) is 6.24. The number of benzene rings is 2. The highest BCUT2D eigenvalue weighted by Crippen LogP contribution is 2.23. The Balaban J connectivity index is 1.51. The Bertz CT molecular complexity index is 1140. The molecule has 0 aliphatic heterocycles. The first-order valence-corrected chi connectivity index (χ1v) is 8.76. The maximum absolute atomic E-state index is 12.6. The number of oxazole rings is 1. The van der Waals surface area contributed by atoms with Crippen molar-refractivity contribution in [1.29, 1.82) is 0 Å². The molecule has 0 bridgehead atoms. The van der Waals surface area contributed by atoms with E-state index < -0.39 is 5.97 Å². The van der Waals surface area contributed by atoms with Crippen molar-refractivity contribution in [3.63, 3.8) is 0 Å². The van der Waals surface area contributed by atoms with Gasteiger partial charge >= 0.3 is 5.97 Å². The van der Waals surface area contributed by atoms with Gasteiger partial charge in [-0.1, -0.05) is 30.3 Å². The van der Waals surface area contributed by atoms with Gasteiger partial charge in [0.25, 0.3) is 0 Å². The van der Waals surface area contributed by atoms with E-state index in [1.807, 2.05) is 48.5 Å². The molecule has 4 aromatic rings. The molecule has 2 heterocycles. The number of carbonyl (C=O) groups is 1. The minimum Gasteiger partial charge on any atom is -0.497 e. The lowest BCUT2D eigenvalue weighted by atomic mass is 10.1. The van der Waals surface area contributed by atoms with Crippen molar-refractivity contribution in [2.75, 3.05) is 7.11 Å². The number of rotatable bonds is 5. The van der Waals surface area contributed by atoms with Crippen LogP contribution in [0.3, 0.4) is 0 Å². The topological polar surface area (TPSA) is 74.5 Å². The maximum atomic E-state index is 12.6. The molecule has 2 aromatic carbocycles. The molecule has 140 valence electrons. The van der Waals surface area contributed by atoms with Gasteiger partial charge in [0.1, 0.15) is 5.75 Å². The van der Waals surface area contributed by atoms with Gasteiger partial charge in [0.15, 0.2) is 12.4 Å². The maximum Gasteiger partial charge on any atom is 0.340 e. The number of hydrogen-bond donors (Lipinski definition) is 0. The average molecular weight is 374 g/mol. The summed E-state index contributed by atoms with van der Waals surface area (Å²) in [6.07, 6.45) is 1.62. The monoisotopic (exact) mass is 374 g/mol. The summed E-state index contributed by atoms with van der Waals surface area (Å²) in [7, 11) is 1.60. The van der Waals surface area contributed by atoms with Crippen LogP contribution in [0.25, 0.3) is 22.2 Å². The molecule has 0 saturated heterocycles. The molecule has 0 spiro atoms. The van der Waals surface area contributed by atoms with Crippen LogP contribution in [-0.2, 0) is 11.3 Å². The molecule has 0 aliphatic carbocycles. The number of pyridine rings is 1. The van der Waals surface area contributed by atoms with Gasteiger partial charge in [-0.3, -0.25) is 4.98 Å². The largest absolute Gasteiger partial charge is 0.497 e. The summed E-state index contributed by atoms with van der Waals surface area (Å²) in [5.74, 6) is 1.18. The Hall–Kier alpha value is -3.67. The summed E-state index contributed by atoms with van der Waals surface area (Å²) in [4.78, 5) is 21.2. The van der Waals surface area contributed by atoms with Crippen molar-refractivity contribution in [2.24, 2.45) is 0 Å². The van der Waals surface area contributed by atoms with E-state index in [1.165, 1.54) is 0 Å². The molecule has 6 heteroatoms. The lowest BCUT2D eigenvalue weighted by molar-refractivity contribution is 0.0437. The highest BCUT2D eigenvalue weighted by atomic mass is 16.5. The zero-order chi connectivity index (χ0) is 19.5. The third-order valence-corrected chi connectivity index (χ3v) is 4.37. The molecule has 0 unspecified atom stereocenters. The second kappa shape index (κ2) is 7.52. The minimum atomic E-state index is -0.478. The first-order chi connectivity index (χ1) is 13.6. The zero-order valence-electron chi connectivity index (χ0n) is 15.5. The van der Waals surface area contributed by atoms with Crippen molar-refractivity contribution in [2.45, 2.75) is 13.5 Å². The van der Waals surface area contributed by atoms with E-state index in [2.05, 4.69) is 9.97 Å². The number of carbonyl (C=O) groups excluding carboxylic acids is 1. The van der Waals surface area contributed by atoms with Crippen molar-refractivity contribution >= 4 is 16.9 Å². The molecule has 0 aliphatic rings. The Morgan fingerprint density at radius 3 is 2.71 bits per heavy atom. The number of hydrogen-bond acceptors (Lipinski definition) is 6. The summed E-state index contributed by atoms with van der Waals surface area (Å²) in [6, 6.07) is 16.9. The predicted octanol–water partition coefficient (Wildman–Crippen LogP) is 4.56. The number of ether oxygens (including phenoxy) is 2. The number of fused-ring (bicyclic) bond motifs is 1. The summed E-state index contributed by atoms with van der Waals surface area (Å²) >= 11 is 0. The van der Waals surface area contributed by atoms with Crippen LogP contribution in [0.1, 0.15) is 21.9 Å². The fourth-order valence-corrected chi connectivity index (χ4v) is 2.90. The third-order valence-electron chi connectivity index (χ3n) is 4.37. The molecule has 2 aromatic heterocycles. The van der Waals surface area contributed by atoms with Crippen LogP contribution in [-0.4, -0.2) is 23.0 Å². The van der Waals surface area contributed by atoms with E-state index in [1.54, 1.807) is 26.3 Å². The van der Waals surface area contributed by atoms with Gasteiger partial charge in [-0.05, 0) is 31.2 Å². The summed E-state index contributed by atoms with van der Waals surface area (Å²) in [6.45, 7) is 1.72. The second-order valence-corrected chi connectivity index (χ2v) is 6.24. The molecule has 0 amide bonds. The highest BCUT2D eigenvalue weighted by Gasteiger charge is 2.15. The van der Waals surface area contributed by atoms with Crippen molar-refractivity contribution in [3.05, 3.63) is 77.9 Å². The molecule has 0 saturated carbocycles. The summed E-state index contributed by atoms with van der Waals surface area (Å²) < 4.78 is 16.3. The molecular weight excluding hydrogens is 356 g/mol. The van der Waals surface area contributed by atoms with Crippen LogP contribution in [0.15, 0.2) is 65.2 Å². The smallest absolute Gasteiger partial charge is 0.340 e. The van der Waals surface area contributed by atoms with Gasteiger partial charge in [0, 0.05) is 10.9 Å². The number of methoxy groups -OCH3 is 1. The van der Waals surface area contributed by atoms with Crippen LogP contribution >= 0.6 is 0 Å². The highest BCUT2D eigenvalue weighted by molar-refractivity contribution is 5.95. The standard InChI is InChI=1S/C22H18N2O4/c1-14-18(11-16-10-17(26-2)8-9-19(16)24-14)22(25)27-13-21-23-12-20(28-21)15-6-4-3-5-7-15/h3-12H,13H2,1-2H3. The summed E-state index contributed by atoms with van der Waals surface area (Å²) in [5, 5.41) is 0.805. The molecule has 6 nitrogen and oxygen atoms in total. The Morgan fingerprint density at radius 1 is 1.11 bits per heavy atom. The lowest BCUT2D eigenvalue weighted by Crippen LogP contribution is -2.08. The van der Waals surface area contributed by atoms with E-state index in [0.717, 1.165) is 16.5 Å². The van der Waals surface area contributed by atoms with Gasteiger partial charge in [0.2, 0.25) is 5.89 Å². The lowest BCUT2D eigenvalue weighted by Gasteiger charge is -2.08. The van der Waals surface area contributed by atoms with E-state index in [9.17, 15) is 4.79 Å². The van der Waals surface area contributed by atoms with E-state index in [0.29, 0.717) is 28.7 Å². The SMILES string of the molecule is COc1ccc2nc(C)c(C(=O)OCc3ncc(-c4ccccc4)o3)cc2c1. The minimum absolute atomic E-state index is 0.0543. The normalized spacial score (nSPS) is 10.8. The van der Waals surface area contributed by atoms with Crippen LogP contribution < -0.4 is 4.74 Å². The van der Waals surface area contributed by atoms with Gasteiger partial charge in [0.05, 0.1) is 30.1 Å². The Morgan fingerprint density at radius 2 is 1.93 bits per heavy atom. The average Bonchev–Trinajstić information content (AvgIpc) is 3.21. The first-order valence-electron chi connectivity index (χ1n) is 8.76. The Kier molecular flexibility index (Phi) is 4.76. The Labute approximate surface area is 161 Å². The van der Waals surface area contributed by atoms with Gasteiger partial charge < -0.3 is 13.9 Å². The number of nitrogens with zero attached hydrogens (tertiary/aromatic N) is 2. The predicted molar refractivity (Wildman–Crippen MR) is 104 cm³/mol. The van der Waals surface area contributed by atoms with Crippen LogP contribution in [0.5, 0.6) is 5.75 Å². The molecule has 0 N–H and O–H groups in total. The van der Waals surface area contributed by atoms with Gasteiger partial charge in [-0.15, -0.1) is 0 Å². The van der Waals surface area contributed by atoms with Crippen LogP contribution in [0.4, 0.5) is 0 Å². The number of aromatic nitrogens is 2. The molecular formula is C22H18N2O4. The fraction of sp³-hybridized carbons (Fsp3) is 0.136. The molecule has 4 rings (SSSR count). The van der Waals surface area contributed by atoms with Crippen molar-refractivity contribution < 1.29 is 18.7 Å². The first kappa shape index (κ1) is 17.7. The van der Waals surface area contributed by atoms with Crippen LogP contribution in [0.2, 0.25) is 0 Å². The third kappa shape index (κ3) is 3.57. The quantitative estimate of drug-likeness (QED) is 0.477. The fourth-order valence-electron chi connectivity index (χ4n) is 2.90. The number of esters is 1. The van der Waals surface area contributed by atoms with Crippen LogP contribution in [0, 0.1) is 6.92 Å². The molecule has 0 fully saturated rings. The summed E-state index contributed by atoms with van der Waals surface area (Å²) in [5.41, 5.74) is 2.70.